The SMILES string of the molecule is O=P(O)(O)CCc1cccc2ncc(-c3nnn[nH]3)n12. The maximum atomic E-state index is 11.0. The summed E-state index contributed by atoms with van der Waals surface area (Å²) in [7, 11) is -4.05. The number of H-pyrrole nitrogens is 1. The molecular formula is C10H11N6O3P. The predicted octanol–water partition coefficient (Wildman–Crippen LogP) is 0.235. The van der Waals surface area contributed by atoms with Crippen LogP contribution >= 0.6 is 7.60 Å². The molecule has 0 unspecified atom stereocenters. The lowest BCUT2D eigenvalue weighted by molar-refractivity contribution is 0.372. The lowest BCUT2D eigenvalue weighted by Gasteiger charge is -2.08. The monoisotopic (exact) mass is 294 g/mol. The van der Waals surface area contributed by atoms with E-state index in [2.05, 4.69) is 25.6 Å². The van der Waals surface area contributed by atoms with Gasteiger partial charge in [-0.25, -0.2) is 10.1 Å². The maximum Gasteiger partial charge on any atom is 0.325 e. The fourth-order valence-corrected chi connectivity index (χ4v) is 2.52. The molecule has 0 amide bonds. The second-order valence-electron chi connectivity index (χ2n) is 4.24. The van der Waals surface area contributed by atoms with Crippen LogP contribution in [0.3, 0.4) is 0 Å². The minimum absolute atomic E-state index is 0.224. The third-order valence-electron chi connectivity index (χ3n) is 2.86. The van der Waals surface area contributed by atoms with Crippen molar-refractivity contribution in [2.75, 3.05) is 6.16 Å². The number of rotatable bonds is 4. The van der Waals surface area contributed by atoms with Crippen molar-refractivity contribution in [3.05, 3.63) is 30.1 Å². The number of nitrogens with one attached hydrogen (secondary N) is 1. The molecule has 0 aliphatic carbocycles. The molecule has 0 saturated heterocycles. The van der Waals surface area contributed by atoms with E-state index in [9.17, 15) is 4.57 Å². The minimum atomic E-state index is -4.05. The number of aryl methyl sites for hydroxylation is 1. The van der Waals surface area contributed by atoms with Crippen LogP contribution in [0.1, 0.15) is 5.69 Å². The molecule has 104 valence electrons. The Bertz CT molecular complexity index is 778. The van der Waals surface area contributed by atoms with Crippen molar-refractivity contribution >= 4 is 13.2 Å². The van der Waals surface area contributed by atoms with Gasteiger partial charge in [-0.2, -0.15) is 0 Å². The molecule has 0 atom stereocenters. The van der Waals surface area contributed by atoms with Crippen molar-refractivity contribution in [3.63, 3.8) is 0 Å². The third kappa shape index (κ3) is 2.46. The van der Waals surface area contributed by atoms with Gasteiger partial charge in [0.05, 0.1) is 12.4 Å². The van der Waals surface area contributed by atoms with Gasteiger partial charge in [-0.1, -0.05) is 6.07 Å². The van der Waals surface area contributed by atoms with Gasteiger partial charge in [-0.15, -0.1) is 5.10 Å². The molecule has 3 aromatic rings. The van der Waals surface area contributed by atoms with Gasteiger partial charge in [0.25, 0.3) is 0 Å². The quantitative estimate of drug-likeness (QED) is 0.587. The first-order valence-electron chi connectivity index (χ1n) is 5.78. The highest BCUT2D eigenvalue weighted by atomic mass is 31.2. The van der Waals surface area contributed by atoms with E-state index >= 15 is 0 Å². The van der Waals surface area contributed by atoms with Crippen LogP contribution in [-0.2, 0) is 11.0 Å². The molecule has 0 spiro atoms. The number of hydrogen-bond donors (Lipinski definition) is 3. The molecule has 0 fully saturated rings. The average Bonchev–Trinajstić information content (AvgIpc) is 3.03. The number of hydrogen-bond acceptors (Lipinski definition) is 5. The number of aromatic amines is 1. The molecule has 0 aliphatic rings. The van der Waals surface area contributed by atoms with E-state index in [1.54, 1.807) is 28.8 Å². The fourth-order valence-electron chi connectivity index (χ4n) is 2.00. The second kappa shape index (κ2) is 4.78. The van der Waals surface area contributed by atoms with Gasteiger partial charge in [-0.05, 0) is 29.0 Å². The summed E-state index contributed by atoms with van der Waals surface area (Å²) in [6.07, 6.45) is 1.61. The molecule has 3 heterocycles. The largest absolute Gasteiger partial charge is 0.325 e. The smallest absolute Gasteiger partial charge is 0.324 e. The van der Waals surface area contributed by atoms with Crippen molar-refractivity contribution in [2.45, 2.75) is 6.42 Å². The number of tetrazole rings is 1. The number of fused-ring (bicyclic) bond motifs is 1. The Hall–Kier alpha value is -2.09. The van der Waals surface area contributed by atoms with Gasteiger partial charge in [-0.3, -0.25) is 8.97 Å². The average molecular weight is 294 g/mol. The maximum absolute atomic E-state index is 11.0. The van der Waals surface area contributed by atoms with Gasteiger partial charge < -0.3 is 9.79 Å². The van der Waals surface area contributed by atoms with E-state index < -0.39 is 7.60 Å². The van der Waals surface area contributed by atoms with E-state index in [0.29, 0.717) is 17.2 Å². The number of aromatic nitrogens is 6. The molecule has 9 nitrogen and oxygen atoms in total. The summed E-state index contributed by atoms with van der Waals surface area (Å²) < 4.78 is 12.8. The van der Waals surface area contributed by atoms with Gasteiger partial charge in [0.15, 0.2) is 5.82 Å². The Balaban J connectivity index is 2.08. The van der Waals surface area contributed by atoms with Crippen LogP contribution in [0.2, 0.25) is 0 Å². The fraction of sp³-hybridized carbons (Fsp3) is 0.200. The first kappa shape index (κ1) is 12.9. The number of imidazole rings is 1. The Morgan fingerprint density at radius 3 is 2.90 bits per heavy atom. The van der Waals surface area contributed by atoms with E-state index in [0.717, 1.165) is 5.69 Å². The van der Waals surface area contributed by atoms with Gasteiger partial charge in [0, 0.05) is 5.69 Å². The molecule has 10 heteroatoms. The number of nitrogens with zero attached hydrogens (tertiary/aromatic N) is 5. The van der Waals surface area contributed by atoms with Crippen molar-refractivity contribution in [2.24, 2.45) is 0 Å². The first-order valence-corrected chi connectivity index (χ1v) is 7.58. The van der Waals surface area contributed by atoms with Crippen molar-refractivity contribution in [1.82, 2.24) is 30.0 Å². The van der Waals surface area contributed by atoms with Gasteiger partial charge >= 0.3 is 7.60 Å². The van der Waals surface area contributed by atoms with Crippen LogP contribution in [0.4, 0.5) is 0 Å². The van der Waals surface area contributed by atoms with Crippen LogP contribution in [-0.4, -0.2) is 46.0 Å². The topological polar surface area (TPSA) is 129 Å². The van der Waals surface area contributed by atoms with Crippen LogP contribution in [0.25, 0.3) is 17.2 Å². The Morgan fingerprint density at radius 2 is 2.20 bits per heavy atom. The zero-order valence-electron chi connectivity index (χ0n) is 10.2. The summed E-state index contributed by atoms with van der Waals surface area (Å²) in [5.74, 6) is 0.445. The van der Waals surface area contributed by atoms with Crippen LogP contribution in [0.15, 0.2) is 24.4 Å². The normalized spacial score (nSPS) is 12.1. The van der Waals surface area contributed by atoms with E-state index in [1.807, 2.05) is 0 Å². The molecule has 0 aliphatic heterocycles. The Kier molecular flexibility index (Phi) is 3.09. The van der Waals surface area contributed by atoms with Crippen molar-refractivity contribution < 1.29 is 14.4 Å². The minimum Gasteiger partial charge on any atom is -0.324 e. The molecule has 0 radical (unpaired) electrons. The predicted molar refractivity (Wildman–Crippen MR) is 69.0 cm³/mol. The molecule has 0 bridgehead atoms. The molecule has 3 N–H and O–H groups in total. The summed E-state index contributed by atoms with van der Waals surface area (Å²) in [5.41, 5.74) is 2.04. The van der Waals surface area contributed by atoms with Crippen LogP contribution in [0, 0.1) is 0 Å². The number of pyridine rings is 1. The standard InChI is InChI=1S/C10H11N6O3P/c17-20(18,19)5-4-7-2-1-3-9-11-6-8(16(7)9)10-12-14-15-13-10/h1-3,6H,4-5H2,(H2,17,18,19)(H,12,13,14,15). The summed E-state index contributed by atoms with van der Waals surface area (Å²) in [6.45, 7) is 0. The van der Waals surface area contributed by atoms with Crippen LogP contribution in [0.5, 0.6) is 0 Å². The second-order valence-corrected chi connectivity index (χ2v) is 6.02. The Morgan fingerprint density at radius 1 is 1.35 bits per heavy atom. The molecule has 0 saturated carbocycles. The third-order valence-corrected chi connectivity index (χ3v) is 3.66. The lowest BCUT2D eigenvalue weighted by Crippen LogP contribution is -2.02. The molecule has 3 rings (SSSR count). The highest BCUT2D eigenvalue weighted by Gasteiger charge is 2.16. The summed E-state index contributed by atoms with van der Waals surface area (Å²) in [4.78, 5) is 22.2. The first-order chi connectivity index (χ1) is 9.54. The molecule has 0 aromatic carbocycles. The summed E-state index contributed by atoms with van der Waals surface area (Å²) >= 11 is 0. The van der Waals surface area contributed by atoms with Gasteiger partial charge in [0.2, 0.25) is 0 Å². The zero-order valence-corrected chi connectivity index (χ0v) is 11.1. The zero-order chi connectivity index (χ0) is 14.2. The molecule has 20 heavy (non-hydrogen) atoms. The van der Waals surface area contributed by atoms with Crippen LogP contribution < -0.4 is 0 Å². The van der Waals surface area contributed by atoms with E-state index in [4.69, 9.17) is 9.79 Å². The van der Waals surface area contributed by atoms with E-state index in [1.165, 1.54) is 0 Å². The van der Waals surface area contributed by atoms with E-state index in [-0.39, 0.29) is 12.6 Å². The Labute approximate surface area is 112 Å². The highest BCUT2D eigenvalue weighted by Crippen LogP contribution is 2.35. The van der Waals surface area contributed by atoms with Crippen molar-refractivity contribution in [1.29, 1.82) is 0 Å². The summed E-state index contributed by atoms with van der Waals surface area (Å²) in [5, 5.41) is 13.5. The lowest BCUT2D eigenvalue weighted by atomic mass is 10.2. The summed E-state index contributed by atoms with van der Waals surface area (Å²) in [6, 6.07) is 5.38. The highest BCUT2D eigenvalue weighted by molar-refractivity contribution is 7.51. The van der Waals surface area contributed by atoms with Gasteiger partial charge in [0.1, 0.15) is 11.3 Å². The molecule has 3 aromatic heterocycles. The molecular weight excluding hydrogens is 283 g/mol. The van der Waals surface area contributed by atoms with Crippen molar-refractivity contribution in [3.8, 4) is 11.5 Å².